The Morgan fingerprint density at radius 1 is 0.968 bits per heavy atom. The van der Waals surface area contributed by atoms with Gasteiger partial charge in [-0.15, -0.1) is 0 Å². The van der Waals surface area contributed by atoms with Crippen LogP contribution in [-0.2, 0) is 11.8 Å². The minimum Gasteiger partial charge on any atom is -0.497 e. The summed E-state index contributed by atoms with van der Waals surface area (Å²) >= 11 is 0. The molecule has 7 heteroatoms. The van der Waals surface area contributed by atoms with Crippen molar-refractivity contribution in [1.29, 1.82) is 0 Å². The Morgan fingerprint density at radius 3 is 2.23 bits per heavy atom. The lowest BCUT2D eigenvalue weighted by atomic mass is 9.94. The van der Waals surface area contributed by atoms with Gasteiger partial charge >= 0.3 is 0 Å². The Labute approximate surface area is 183 Å². The van der Waals surface area contributed by atoms with Gasteiger partial charge in [0, 0.05) is 56.1 Å². The van der Waals surface area contributed by atoms with Crippen LogP contribution < -0.4 is 9.47 Å². The van der Waals surface area contributed by atoms with Crippen LogP contribution in [0.2, 0.25) is 0 Å². The molecule has 2 aliphatic heterocycles. The van der Waals surface area contributed by atoms with Crippen LogP contribution >= 0.6 is 0 Å². The molecule has 7 nitrogen and oxygen atoms in total. The van der Waals surface area contributed by atoms with E-state index in [1.54, 1.807) is 32.4 Å². The topological polar surface area (TPSA) is 64.0 Å². The number of piperidine rings is 1. The molecule has 0 spiro atoms. The number of amides is 2. The Bertz CT molecular complexity index is 924. The number of hydrogen-bond acceptors (Lipinski definition) is 4. The first-order valence-corrected chi connectivity index (χ1v) is 11.0. The standard InChI is InChI=1S/C24H31N3O4/c1-25-10-4-6-21(25)22-7-5-11-27(22)24(29)17-8-12-26(13-9-17)23(28)18-14-19(30-2)16-20(15-18)31-3/h4,6,10,14-17,22H,5,7-9,11-13H2,1-3H3. The van der Waals surface area contributed by atoms with Gasteiger partial charge in [-0.05, 0) is 49.9 Å². The van der Waals surface area contributed by atoms with Gasteiger partial charge in [0.05, 0.1) is 20.3 Å². The average molecular weight is 426 g/mol. The number of aromatic nitrogens is 1. The lowest BCUT2D eigenvalue weighted by Crippen LogP contribution is -2.44. The molecule has 0 bridgehead atoms. The van der Waals surface area contributed by atoms with Crippen LogP contribution in [0, 0.1) is 5.92 Å². The highest BCUT2D eigenvalue weighted by Crippen LogP contribution is 2.35. The summed E-state index contributed by atoms with van der Waals surface area (Å²) in [5.41, 5.74) is 1.75. The maximum absolute atomic E-state index is 13.3. The number of methoxy groups -OCH3 is 2. The summed E-state index contributed by atoms with van der Waals surface area (Å²) in [6.45, 7) is 1.98. The maximum atomic E-state index is 13.3. The quantitative estimate of drug-likeness (QED) is 0.738. The van der Waals surface area contributed by atoms with E-state index in [4.69, 9.17) is 9.47 Å². The van der Waals surface area contributed by atoms with Gasteiger partial charge in [0.2, 0.25) is 5.91 Å². The fourth-order valence-electron chi connectivity index (χ4n) is 4.84. The Morgan fingerprint density at radius 2 is 1.65 bits per heavy atom. The van der Waals surface area contributed by atoms with Gasteiger partial charge in [0.1, 0.15) is 11.5 Å². The van der Waals surface area contributed by atoms with Gasteiger partial charge in [0.25, 0.3) is 5.91 Å². The molecule has 2 amide bonds. The number of ether oxygens (including phenoxy) is 2. The SMILES string of the molecule is COc1cc(OC)cc(C(=O)N2CCC(C(=O)N3CCCC3c3cccn3C)CC2)c1. The molecular formula is C24H31N3O4. The zero-order valence-electron chi connectivity index (χ0n) is 18.5. The van der Waals surface area contributed by atoms with Crippen molar-refractivity contribution in [3.63, 3.8) is 0 Å². The molecule has 1 aromatic heterocycles. The fraction of sp³-hybridized carbons (Fsp3) is 0.500. The van der Waals surface area contributed by atoms with Crippen molar-refractivity contribution < 1.29 is 19.1 Å². The second-order valence-electron chi connectivity index (χ2n) is 8.40. The molecule has 2 aliphatic rings. The van der Waals surface area contributed by atoms with E-state index in [1.165, 1.54) is 5.69 Å². The predicted molar refractivity (Wildman–Crippen MR) is 117 cm³/mol. The zero-order chi connectivity index (χ0) is 22.0. The average Bonchev–Trinajstić information content (AvgIpc) is 3.46. The highest BCUT2D eigenvalue weighted by atomic mass is 16.5. The number of carbonyl (C=O) groups is 2. The summed E-state index contributed by atoms with van der Waals surface area (Å²) in [4.78, 5) is 30.2. The number of nitrogens with zero attached hydrogens (tertiary/aromatic N) is 3. The van der Waals surface area contributed by atoms with E-state index in [1.807, 2.05) is 24.2 Å². The molecule has 0 radical (unpaired) electrons. The van der Waals surface area contributed by atoms with Gasteiger partial charge in [-0.1, -0.05) is 0 Å². The molecule has 0 aliphatic carbocycles. The van der Waals surface area contributed by atoms with Gasteiger partial charge in [-0.3, -0.25) is 9.59 Å². The van der Waals surface area contributed by atoms with E-state index < -0.39 is 0 Å². The molecule has 31 heavy (non-hydrogen) atoms. The largest absolute Gasteiger partial charge is 0.497 e. The summed E-state index contributed by atoms with van der Waals surface area (Å²) < 4.78 is 12.7. The summed E-state index contributed by atoms with van der Waals surface area (Å²) in [5, 5.41) is 0. The van der Waals surface area contributed by atoms with Crippen LogP contribution in [-0.4, -0.2) is 60.0 Å². The second-order valence-corrected chi connectivity index (χ2v) is 8.40. The maximum Gasteiger partial charge on any atom is 0.254 e. The number of likely N-dealkylation sites (tertiary alicyclic amines) is 2. The van der Waals surface area contributed by atoms with Gasteiger partial charge in [-0.25, -0.2) is 0 Å². The van der Waals surface area contributed by atoms with E-state index in [-0.39, 0.29) is 23.8 Å². The molecule has 166 valence electrons. The van der Waals surface area contributed by atoms with Gasteiger partial charge in [-0.2, -0.15) is 0 Å². The van der Waals surface area contributed by atoms with Gasteiger partial charge < -0.3 is 23.8 Å². The highest BCUT2D eigenvalue weighted by Gasteiger charge is 2.37. The predicted octanol–water partition coefficient (Wildman–Crippen LogP) is 3.26. The van der Waals surface area contributed by atoms with Crippen LogP contribution in [0.1, 0.15) is 47.8 Å². The highest BCUT2D eigenvalue weighted by molar-refractivity contribution is 5.95. The molecule has 2 fully saturated rings. The van der Waals surface area contributed by atoms with E-state index in [2.05, 4.69) is 15.5 Å². The van der Waals surface area contributed by atoms with Crippen LogP contribution in [0.25, 0.3) is 0 Å². The molecule has 1 atom stereocenters. The molecule has 4 rings (SSSR count). The summed E-state index contributed by atoms with van der Waals surface area (Å²) in [6.07, 6.45) is 5.48. The number of benzene rings is 1. The van der Waals surface area contributed by atoms with Crippen molar-refractivity contribution >= 4 is 11.8 Å². The molecule has 1 unspecified atom stereocenters. The van der Waals surface area contributed by atoms with E-state index in [9.17, 15) is 9.59 Å². The van der Waals surface area contributed by atoms with Crippen molar-refractivity contribution in [1.82, 2.24) is 14.4 Å². The first-order chi connectivity index (χ1) is 15.0. The van der Waals surface area contributed by atoms with Crippen LogP contribution in [0.5, 0.6) is 11.5 Å². The molecule has 0 N–H and O–H groups in total. The van der Waals surface area contributed by atoms with Crippen molar-refractivity contribution in [3.05, 3.63) is 47.8 Å². The van der Waals surface area contributed by atoms with E-state index in [0.29, 0.717) is 43.0 Å². The number of aryl methyl sites for hydroxylation is 1. The lowest BCUT2D eigenvalue weighted by molar-refractivity contribution is -0.138. The molecule has 2 saturated heterocycles. The molecule has 3 heterocycles. The third-order valence-corrected chi connectivity index (χ3v) is 6.59. The Hall–Kier alpha value is -2.96. The zero-order valence-corrected chi connectivity index (χ0v) is 18.5. The third kappa shape index (κ3) is 4.27. The number of carbonyl (C=O) groups excluding carboxylic acids is 2. The van der Waals surface area contributed by atoms with Crippen LogP contribution in [0.15, 0.2) is 36.5 Å². The smallest absolute Gasteiger partial charge is 0.254 e. The normalized spacial score (nSPS) is 19.5. The monoisotopic (exact) mass is 425 g/mol. The lowest BCUT2D eigenvalue weighted by Gasteiger charge is -2.35. The summed E-state index contributed by atoms with van der Waals surface area (Å²) in [5.74, 6) is 1.34. The van der Waals surface area contributed by atoms with Crippen molar-refractivity contribution in [2.45, 2.75) is 31.7 Å². The molecule has 1 aromatic carbocycles. The molecular weight excluding hydrogens is 394 g/mol. The fourth-order valence-corrected chi connectivity index (χ4v) is 4.84. The van der Waals surface area contributed by atoms with E-state index in [0.717, 1.165) is 19.4 Å². The molecule has 0 saturated carbocycles. The Balaban J connectivity index is 1.40. The van der Waals surface area contributed by atoms with Crippen molar-refractivity contribution in [2.24, 2.45) is 13.0 Å². The van der Waals surface area contributed by atoms with Crippen LogP contribution in [0.3, 0.4) is 0 Å². The second kappa shape index (κ2) is 9.04. The Kier molecular flexibility index (Phi) is 6.20. The third-order valence-electron chi connectivity index (χ3n) is 6.59. The molecule has 2 aromatic rings. The minimum absolute atomic E-state index is 0.0234. The minimum atomic E-state index is -0.0500. The number of rotatable bonds is 5. The summed E-state index contributed by atoms with van der Waals surface area (Å²) in [7, 11) is 5.18. The first kappa shape index (κ1) is 21.3. The van der Waals surface area contributed by atoms with E-state index >= 15 is 0 Å². The van der Waals surface area contributed by atoms with Crippen molar-refractivity contribution in [3.8, 4) is 11.5 Å². The first-order valence-electron chi connectivity index (χ1n) is 11.0. The van der Waals surface area contributed by atoms with Crippen molar-refractivity contribution in [2.75, 3.05) is 33.9 Å². The number of hydrogen-bond donors (Lipinski definition) is 0. The van der Waals surface area contributed by atoms with Gasteiger partial charge in [0.15, 0.2) is 0 Å². The van der Waals surface area contributed by atoms with Crippen LogP contribution in [0.4, 0.5) is 0 Å². The summed E-state index contributed by atoms with van der Waals surface area (Å²) in [6, 6.07) is 9.53.